The van der Waals surface area contributed by atoms with E-state index in [9.17, 15) is 9.90 Å². The number of ketones is 1. The highest BCUT2D eigenvalue weighted by molar-refractivity contribution is 6.23. The molecule has 2 rings (SSSR count). The van der Waals surface area contributed by atoms with Gasteiger partial charge in [-0.2, -0.15) is 0 Å². The van der Waals surface area contributed by atoms with Gasteiger partial charge in [-0.3, -0.25) is 9.78 Å². The van der Waals surface area contributed by atoms with Crippen LogP contribution in [-0.2, 0) is 9.63 Å². The third kappa shape index (κ3) is 4.23. The second kappa shape index (κ2) is 8.83. The predicted octanol–water partition coefficient (Wildman–Crippen LogP) is 4.16. The number of allylic oxidation sites excluding steroid dienone is 2. The Bertz CT molecular complexity index is 738. The number of hydrogen-bond acceptors (Lipinski definition) is 6. The highest BCUT2D eigenvalue weighted by atomic mass is 16.6. The topological polar surface area (TPSA) is 81.0 Å². The van der Waals surface area contributed by atoms with E-state index in [1.165, 1.54) is 0 Å². The lowest BCUT2D eigenvalue weighted by Gasteiger charge is -2.25. The summed E-state index contributed by atoms with van der Waals surface area (Å²) in [6.45, 7) is 8.12. The highest BCUT2D eigenvalue weighted by Crippen LogP contribution is 2.39. The van der Waals surface area contributed by atoms with E-state index in [0.29, 0.717) is 36.5 Å². The average Bonchev–Trinajstić information content (AvgIpc) is 2.58. The number of nitrogens with zero attached hydrogens (tertiary/aromatic N) is 2. The normalized spacial score (nSPS) is 18.3. The van der Waals surface area contributed by atoms with Gasteiger partial charge in [0.15, 0.2) is 5.78 Å². The number of aliphatic hydroxyl groups is 1. The molecule has 0 aliphatic heterocycles. The molecule has 0 radical (unpaired) electrons. The fraction of sp³-hybridized carbons (Fsp3) is 0.550. The van der Waals surface area contributed by atoms with Crippen LogP contribution in [0.25, 0.3) is 0 Å². The molecule has 0 amide bonds. The molecule has 0 bridgehead atoms. The number of methoxy groups -OCH3 is 1. The van der Waals surface area contributed by atoms with E-state index in [0.717, 1.165) is 23.4 Å². The lowest BCUT2D eigenvalue weighted by Crippen LogP contribution is -2.25. The van der Waals surface area contributed by atoms with Crippen LogP contribution in [0.3, 0.4) is 0 Å². The molecule has 0 aromatic carbocycles. The molecule has 1 unspecified atom stereocenters. The van der Waals surface area contributed by atoms with Crippen LogP contribution in [0.15, 0.2) is 22.6 Å². The fourth-order valence-electron chi connectivity index (χ4n) is 3.41. The number of rotatable bonds is 7. The first-order valence-electron chi connectivity index (χ1n) is 9.09. The van der Waals surface area contributed by atoms with E-state index in [2.05, 4.69) is 10.1 Å². The van der Waals surface area contributed by atoms with E-state index >= 15 is 0 Å². The molecule has 0 saturated heterocycles. The van der Waals surface area contributed by atoms with Crippen LogP contribution in [0.2, 0.25) is 0 Å². The average molecular weight is 360 g/mol. The van der Waals surface area contributed by atoms with E-state index in [-0.39, 0.29) is 23.9 Å². The molecule has 142 valence electrons. The molecule has 26 heavy (non-hydrogen) atoms. The zero-order valence-corrected chi connectivity index (χ0v) is 16.3. The van der Waals surface area contributed by atoms with Gasteiger partial charge in [0.25, 0.3) is 0 Å². The molecule has 1 atom stereocenters. The molecule has 1 aliphatic rings. The smallest absolute Gasteiger partial charge is 0.168 e. The number of ether oxygens (including phenoxy) is 1. The Labute approximate surface area is 154 Å². The maximum absolute atomic E-state index is 12.8. The van der Waals surface area contributed by atoms with Crippen molar-refractivity contribution in [3.8, 4) is 5.75 Å². The van der Waals surface area contributed by atoms with Crippen molar-refractivity contribution in [2.24, 2.45) is 5.16 Å². The van der Waals surface area contributed by atoms with E-state index in [4.69, 9.17) is 9.57 Å². The van der Waals surface area contributed by atoms with Crippen LogP contribution in [0, 0.1) is 13.8 Å². The standard InChI is InChI=1S/C20H28N2O4/c1-6-8-15(22-26-7-2)18-16(23)10-14(11-17(18)24)19-20(25-5)12(3)9-13(4)21-19/h9,14,23H,6-8,10-11H2,1-5H3/b22-15+. The minimum atomic E-state index is -0.213. The first-order valence-corrected chi connectivity index (χ1v) is 9.09. The van der Waals surface area contributed by atoms with Crippen LogP contribution in [0.5, 0.6) is 5.75 Å². The number of carbonyl (C=O) groups excluding carboxylic acids is 1. The third-order valence-corrected chi connectivity index (χ3v) is 4.42. The molecule has 1 aliphatic carbocycles. The lowest BCUT2D eigenvalue weighted by molar-refractivity contribution is -0.116. The first-order chi connectivity index (χ1) is 12.4. The first kappa shape index (κ1) is 19.9. The molecule has 6 heteroatoms. The summed E-state index contributed by atoms with van der Waals surface area (Å²) >= 11 is 0. The number of aryl methyl sites for hydroxylation is 2. The Morgan fingerprint density at radius 1 is 1.35 bits per heavy atom. The highest BCUT2D eigenvalue weighted by Gasteiger charge is 2.34. The van der Waals surface area contributed by atoms with Crippen molar-refractivity contribution in [1.29, 1.82) is 0 Å². The number of Topliss-reactive ketones (excluding diaryl/α,β-unsaturated/α-hetero) is 1. The Kier molecular flexibility index (Phi) is 6.77. The minimum absolute atomic E-state index is 0.0566. The fourth-order valence-corrected chi connectivity index (χ4v) is 3.41. The summed E-state index contributed by atoms with van der Waals surface area (Å²) < 4.78 is 5.51. The van der Waals surface area contributed by atoms with Crippen LogP contribution in [0.4, 0.5) is 0 Å². The number of aromatic nitrogens is 1. The predicted molar refractivity (Wildman–Crippen MR) is 101 cm³/mol. The molecule has 0 spiro atoms. The van der Waals surface area contributed by atoms with Crippen molar-refractivity contribution in [3.63, 3.8) is 0 Å². The van der Waals surface area contributed by atoms with Crippen LogP contribution >= 0.6 is 0 Å². The van der Waals surface area contributed by atoms with Crippen LogP contribution in [-0.4, -0.2) is 35.3 Å². The van der Waals surface area contributed by atoms with Gasteiger partial charge in [-0.05, 0) is 38.8 Å². The molecule has 6 nitrogen and oxygen atoms in total. The summed E-state index contributed by atoms with van der Waals surface area (Å²) in [7, 11) is 1.60. The zero-order chi connectivity index (χ0) is 19.3. The lowest BCUT2D eigenvalue weighted by atomic mass is 9.82. The van der Waals surface area contributed by atoms with Gasteiger partial charge in [-0.1, -0.05) is 18.5 Å². The zero-order valence-electron chi connectivity index (χ0n) is 16.3. The summed E-state index contributed by atoms with van der Waals surface area (Å²) in [6, 6.07) is 1.95. The van der Waals surface area contributed by atoms with Crippen LogP contribution in [0.1, 0.15) is 62.4 Å². The second-order valence-corrected chi connectivity index (χ2v) is 6.55. The number of pyridine rings is 1. The summed E-state index contributed by atoms with van der Waals surface area (Å²) in [4.78, 5) is 22.5. The van der Waals surface area contributed by atoms with Crippen molar-refractivity contribution >= 4 is 11.5 Å². The Balaban J connectivity index is 2.41. The number of oxime groups is 1. The van der Waals surface area contributed by atoms with Gasteiger partial charge in [-0.25, -0.2) is 0 Å². The maximum atomic E-state index is 12.8. The largest absolute Gasteiger partial charge is 0.511 e. The summed E-state index contributed by atoms with van der Waals surface area (Å²) in [5.41, 5.74) is 3.39. The number of carbonyl (C=O) groups is 1. The summed E-state index contributed by atoms with van der Waals surface area (Å²) in [6.07, 6.45) is 2.00. The van der Waals surface area contributed by atoms with Crippen molar-refractivity contribution in [3.05, 3.63) is 34.3 Å². The van der Waals surface area contributed by atoms with Gasteiger partial charge in [0.05, 0.1) is 24.1 Å². The Morgan fingerprint density at radius 3 is 2.65 bits per heavy atom. The molecule has 1 heterocycles. The molecule has 1 aromatic rings. The van der Waals surface area contributed by atoms with E-state index in [1.807, 2.05) is 33.8 Å². The minimum Gasteiger partial charge on any atom is -0.511 e. The monoisotopic (exact) mass is 360 g/mol. The van der Waals surface area contributed by atoms with Crippen LogP contribution < -0.4 is 4.74 Å². The Hall–Kier alpha value is -2.37. The van der Waals surface area contributed by atoms with Crippen molar-refractivity contribution in [1.82, 2.24) is 4.98 Å². The van der Waals surface area contributed by atoms with Crippen molar-refractivity contribution < 1.29 is 19.5 Å². The molecule has 1 aromatic heterocycles. The maximum Gasteiger partial charge on any atom is 0.168 e. The van der Waals surface area contributed by atoms with Gasteiger partial charge < -0.3 is 14.7 Å². The molecule has 1 N–H and O–H groups in total. The molecule has 0 saturated carbocycles. The van der Waals surface area contributed by atoms with Gasteiger partial charge in [0, 0.05) is 24.5 Å². The Morgan fingerprint density at radius 2 is 2.08 bits per heavy atom. The van der Waals surface area contributed by atoms with Gasteiger partial charge in [-0.15, -0.1) is 0 Å². The molecule has 0 fully saturated rings. The number of hydrogen-bond donors (Lipinski definition) is 1. The quantitative estimate of drug-likeness (QED) is 0.583. The summed E-state index contributed by atoms with van der Waals surface area (Å²) in [5, 5.41) is 14.7. The van der Waals surface area contributed by atoms with E-state index < -0.39 is 0 Å². The summed E-state index contributed by atoms with van der Waals surface area (Å²) in [5.74, 6) is 0.394. The van der Waals surface area contributed by atoms with Crippen molar-refractivity contribution in [2.45, 2.75) is 59.3 Å². The van der Waals surface area contributed by atoms with Gasteiger partial charge >= 0.3 is 0 Å². The second-order valence-electron chi connectivity index (χ2n) is 6.55. The van der Waals surface area contributed by atoms with Gasteiger partial charge in [0.1, 0.15) is 18.1 Å². The molecular formula is C20H28N2O4. The van der Waals surface area contributed by atoms with E-state index in [1.54, 1.807) is 7.11 Å². The SMILES string of the molecule is CCC/C(=N\OCC)C1=C(O)CC(c2nc(C)cc(C)c2OC)CC1=O. The molecular weight excluding hydrogens is 332 g/mol. The van der Waals surface area contributed by atoms with Gasteiger partial charge in [0.2, 0.25) is 0 Å². The third-order valence-electron chi connectivity index (χ3n) is 4.42. The number of aliphatic hydroxyl groups excluding tert-OH is 1. The van der Waals surface area contributed by atoms with Crippen molar-refractivity contribution in [2.75, 3.05) is 13.7 Å².